The maximum absolute atomic E-state index is 12.5. The number of nitrogens with zero attached hydrogens (tertiary/aromatic N) is 2. The van der Waals surface area contributed by atoms with E-state index < -0.39 is 15.6 Å². The standard InChI is InChI=1S/C22H30N2O4S/c1-17-8-10-19(11-9-17)22-23-21(18(2)28-22)16-29(26,27)15-20(25)7-3-4-12-24-13-5-6-14-24/h8-11H,3-7,12-16H2,1-2H3. The molecule has 2 heterocycles. The lowest BCUT2D eigenvalue weighted by Gasteiger charge is -2.13. The first-order valence-electron chi connectivity index (χ1n) is 10.3. The Morgan fingerprint density at radius 3 is 2.48 bits per heavy atom. The van der Waals surface area contributed by atoms with Crippen molar-refractivity contribution in [2.45, 2.75) is 51.7 Å². The van der Waals surface area contributed by atoms with E-state index >= 15 is 0 Å². The highest BCUT2D eigenvalue weighted by atomic mass is 32.2. The fourth-order valence-electron chi connectivity index (χ4n) is 3.62. The molecule has 0 saturated carbocycles. The molecule has 0 aliphatic carbocycles. The molecule has 1 fully saturated rings. The van der Waals surface area contributed by atoms with Gasteiger partial charge in [-0.2, -0.15) is 0 Å². The molecule has 158 valence electrons. The third-order valence-corrected chi connectivity index (χ3v) is 6.78. The van der Waals surface area contributed by atoms with E-state index in [-0.39, 0.29) is 11.5 Å². The Morgan fingerprint density at radius 1 is 1.10 bits per heavy atom. The van der Waals surface area contributed by atoms with Gasteiger partial charge in [-0.3, -0.25) is 4.79 Å². The van der Waals surface area contributed by atoms with Gasteiger partial charge in [-0.25, -0.2) is 13.4 Å². The summed E-state index contributed by atoms with van der Waals surface area (Å²) in [6, 6.07) is 7.69. The molecule has 7 heteroatoms. The Morgan fingerprint density at radius 2 is 1.79 bits per heavy atom. The summed E-state index contributed by atoms with van der Waals surface area (Å²) in [6.07, 6.45) is 4.51. The first kappa shape index (κ1) is 21.7. The highest BCUT2D eigenvalue weighted by molar-refractivity contribution is 7.91. The lowest BCUT2D eigenvalue weighted by atomic mass is 10.1. The molecule has 1 aromatic carbocycles. The van der Waals surface area contributed by atoms with E-state index in [2.05, 4.69) is 9.88 Å². The molecule has 6 nitrogen and oxygen atoms in total. The predicted molar refractivity (Wildman–Crippen MR) is 113 cm³/mol. The van der Waals surface area contributed by atoms with Crippen LogP contribution in [0.3, 0.4) is 0 Å². The second-order valence-electron chi connectivity index (χ2n) is 7.96. The minimum Gasteiger partial charge on any atom is -0.441 e. The van der Waals surface area contributed by atoms with E-state index in [1.807, 2.05) is 31.2 Å². The zero-order chi connectivity index (χ0) is 20.9. The molecule has 1 aliphatic heterocycles. The summed E-state index contributed by atoms with van der Waals surface area (Å²) >= 11 is 0. The molecule has 29 heavy (non-hydrogen) atoms. The topological polar surface area (TPSA) is 80.5 Å². The van der Waals surface area contributed by atoms with Crippen molar-refractivity contribution < 1.29 is 17.6 Å². The number of hydrogen-bond acceptors (Lipinski definition) is 6. The van der Waals surface area contributed by atoms with Crippen LogP contribution < -0.4 is 0 Å². The van der Waals surface area contributed by atoms with Crippen molar-refractivity contribution in [3.05, 3.63) is 41.3 Å². The Labute approximate surface area is 173 Å². The van der Waals surface area contributed by atoms with Gasteiger partial charge in [0, 0.05) is 12.0 Å². The van der Waals surface area contributed by atoms with Crippen LogP contribution in [0.5, 0.6) is 0 Å². The van der Waals surface area contributed by atoms with E-state index in [0.717, 1.165) is 43.6 Å². The van der Waals surface area contributed by atoms with Crippen LogP contribution in [-0.2, 0) is 20.4 Å². The van der Waals surface area contributed by atoms with E-state index in [4.69, 9.17) is 4.42 Å². The smallest absolute Gasteiger partial charge is 0.226 e. The van der Waals surface area contributed by atoms with Crippen molar-refractivity contribution in [2.24, 2.45) is 0 Å². The van der Waals surface area contributed by atoms with Gasteiger partial charge < -0.3 is 9.32 Å². The maximum atomic E-state index is 12.5. The molecule has 0 N–H and O–H groups in total. The number of Topliss-reactive ketones (excluding diaryl/α,β-unsaturated/α-hetero) is 1. The highest BCUT2D eigenvalue weighted by Crippen LogP contribution is 2.23. The number of hydrogen-bond donors (Lipinski definition) is 0. The average Bonchev–Trinajstić information content (AvgIpc) is 3.29. The summed E-state index contributed by atoms with van der Waals surface area (Å²) in [5.41, 5.74) is 2.30. The van der Waals surface area contributed by atoms with E-state index in [0.29, 0.717) is 23.8 Å². The monoisotopic (exact) mass is 418 g/mol. The van der Waals surface area contributed by atoms with Crippen molar-refractivity contribution in [3.8, 4) is 11.5 Å². The minimum atomic E-state index is -3.57. The van der Waals surface area contributed by atoms with Crippen molar-refractivity contribution >= 4 is 15.6 Å². The molecule has 1 aromatic heterocycles. The van der Waals surface area contributed by atoms with E-state index in [1.165, 1.54) is 12.8 Å². The fourth-order valence-corrected chi connectivity index (χ4v) is 5.04. The minimum absolute atomic E-state index is 0.216. The lowest BCUT2D eigenvalue weighted by Crippen LogP contribution is -2.21. The summed E-state index contributed by atoms with van der Waals surface area (Å²) in [5, 5.41) is 0. The number of sulfone groups is 1. The number of likely N-dealkylation sites (tertiary alicyclic amines) is 1. The van der Waals surface area contributed by atoms with Crippen molar-refractivity contribution in [2.75, 3.05) is 25.4 Å². The quantitative estimate of drug-likeness (QED) is 0.547. The molecule has 1 saturated heterocycles. The van der Waals surface area contributed by atoms with Gasteiger partial charge >= 0.3 is 0 Å². The van der Waals surface area contributed by atoms with Crippen LogP contribution in [-0.4, -0.2) is 49.5 Å². The molecule has 2 aromatic rings. The fraction of sp³-hybridized carbons (Fsp3) is 0.545. The number of unbranched alkanes of at least 4 members (excludes halogenated alkanes) is 1. The number of carbonyl (C=O) groups is 1. The molecule has 0 amide bonds. The van der Waals surface area contributed by atoms with Gasteiger partial charge in [0.25, 0.3) is 0 Å². The Bertz CT molecular complexity index is 926. The number of ketones is 1. The summed E-state index contributed by atoms with van der Waals surface area (Å²) in [6.45, 7) is 6.98. The van der Waals surface area contributed by atoms with Gasteiger partial charge in [-0.15, -0.1) is 0 Å². The molecule has 0 atom stereocenters. The van der Waals surface area contributed by atoms with E-state index in [9.17, 15) is 13.2 Å². The van der Waals surface area contributed by atoms with Crippen LogP contribution in [0.15, 0.2) is 28.7 Å². The highest BCUT2D eigenvalue weighted by Gasteiger charge is 2.22. The molecule has 1 aliphatic rings. The molecule has 0 bridgehead atoms. The first-order valence-corrected chi connectivity index (χ1v) is 12.1. The van der Waals surface area contributed by atoms with Gasteiger partial charge in [-0.05, 0) is 71.3 Å². The summed E-state index contributed by atoms with van der Waals surface area (Å²) in [7, 11) is -3.57. The van der Waals surface area contributed by atoms with Crippen LogP contribution in [0, 0.1) is 13.8 Å². The summed E-state index contributed by atoms with van der Waals surface area (Å²) in [5.74, 6) is -0.0363. The number of aryl methyl sites for hydroxylation is 2. The molecular weight excluding hydrogens is 388 g/mol. The van der Waals surface area contributed by atoms with Crippen molar-refractivity contribution in [3.63, 3.8) is 0 Å². The zero-order valence-corrected chi connectivity index (χ0v) is 18.1. The Balaban J connectivity index is 1.50. The molecule has 0 unspecified atom stereocenters. The van der Waals surface area contributed by atoms with Gasteiger partial charge in [0.1, 0.15) is 17.3 Å². The van der Waals surface area contributed by atoms with Crippen LogP contribution >= 0.6 is 0 Å². The largest absolute Gasteiger partial charge is 0.441 e. The third kappa shape index (κ3) is 6.51. The SMILES string of the molecule is Cc1ccc(-c2nc(CS(=O)(=O)CC(=O)CCCCN3CCCC3)c(C)o2)cc1. The van der Waals surface area contributed by atoms with Crippen LogP contribution in [0.4, 0.5) is 0 Å². The van der Waals surface area contributed by atoms with Crippen molar-refractivity contribution in [1.29, 1.82) is 0 Å². The lowest BCUT2D eigenvalue weighted by molar-refractivity contribution is -0.116. The van der Waals surface area contributed by atoms with Gasteiger partial charge in [-0.1, -0.05) is 17.7 Å². The number of carbonyl (C=O) groups excluding carboxylic acids is 1. The molecule has 0 radical (unpaired) electrons. The molecular formula is C22H30N2O4S. The van der Waals surface area contributed by atoms with Crippen molar-refractivity contribution in [1.82, 2.24) is 9.88 Å². The zero-order valence-electron chi connectivity index (χ0n) is 17.3. The maximum Gasteiger partial charge on any atom is 0.226 e. The number of aromatic nitrogens is 1. The Kier molecular flexibility index (Phi) is 7.24. The van der Waals surface area contributed by atoms with Crippen LogP contribution in [0.1, 0.15) is 49.1 Å². The molecule has 3 rings (SSSR count). The normalized spacial score (nSPS) is 15.1. The number of rotatable bonds is 10. The first-order chi connectivity index (χ1) is 13.8. The van der Waals surface area contributed by atoms with E-state index in [1.54, 1.807) is 6.92 Å². The Hall–Kier alpha value is -1.99. The average molecular weight is 419 g/mol. The molecule has 0 spiro atoms. The van der Waals surface area contributed by atoms with Gasteiger partial charge in [0.2, 0.25) is 5.89 Å². The predicted octanol–water partition coefficient (Wildman–Crippen LogP) is 3.71. The number of oxazole rings is 1. The summed E-state index contributed by atoms with van der Waals surface area (Å²) in [4.78, 5) is 18.9. The summed E-state index contributed by atoms with van der Waals surface area (Å²) < 4.78 is 30.6. The second kappa shape index (κ2) is 9.67. The van der Waals surface area contributed by atoms with Crippen LogP contribution in [0.25, 0.3) is 11.5 Å². The van der Waals surface area contributed by atoms with Gasteiger partial charge in [0.15, 0.2) is 9.84 Å². The second-order valence-corrected chi connectivity index (χ2v) is 10.0. The number of benzene rings is 1. The van der Waals surface area contributed by atoms with Gasteiger partial charge in [0.05, 0.1) is 11.4 Å². The van der Waals surface area contributed by atoms with Crippen LogP contribution in [0.2, 0.25) is 0 Å². The third-order valence-electron chi connectivity index (χ3n) is 5.31.